The van der Waals surface area contributed by atoms with Crippen LogP contribution in [0.15, 0.2) is 35.9 Å². The van der Waals surface area contributed by atoms with E-state index in [4.69, 9.17) is 11.6 Å². The van der Waals surface area contributed by atoms with Gasteiger partial charge in [-0.25, -0.2) is 0 Å². The van der Waals surface area contributed by atoms with E-state index >= 15 is 0 Å². The largest absolute Gasteiger partial charge is 0.507 e. The summed E-state index contributed by atoms with van der Waals surface area (Å²) in [7, 11) is 0. The molecule has 0 aliphatic heterocycles. The van der Waals surface area contributed by atoms with Crippen molar-refractivity contribution in [1.82, 2.24) is 0 Å². The summed E-state index contributed by atoms with van der Waals surface area (Å²) < 4.78 is 0. The molecule has 1 aromatic rings. The molecule has 0 bridgehead atoms. The number of aromatic hydroxyl groups is 2. The molecule has 0 radical (unpaired) electrons. The first-order valence-corrected chi connectivity index (χ1v) is 6.92. The van der Waals surface area contributed by atoms with Gasteiger partial charge >= 0.3 is 0 Å². The quantitative estimate of drug-likeness (QED) is 0.728. The highest BCUT2D eigenvalue weighted by atomic mass is 35.5. The number of benzene rings is 1. The number of aliphatic hydroxyl groups is 1. The maximum Gasteiger partial charge on any atom is 0.124 e. The molecule has 1 aliphatic rings. The van der Waals surface area contributed by atoms with E-state index in [2.05, 4.69) is 6.58 Å². The van der Waals surface area contributed by atoms with Crippen LogP contribution in [0.4, 0.5) is 0 Å². The molecule has 1 aliphatic carbocycles. The lowest BCUT2D eigenvalue weighted by Crippen LogP contribution is -2.26. The first kappa shape index (κ1) is 14.9. The number of aliphatic hydroxyl groups excluding tert-OH is 1. The van der Waals surface area contributed by atoms with Crippen molar-refractivity contribution in [2.75, 3.05) is 0 Å². The molecule has 20 heavy (non-hydrogen) atoms. The van der Waals surface area contributed by atoms with Crippen molar-refractivity contribution in [2.24, 2.45) is 5.92 Å². The molecule has 1 aromatic carbocycles. The maximum atomic E-state index is 10.1. The molecule has 0 spiro atoms. The number of phenolic OH excluding ortho intramolecular Hbond substituents is 2. The lowest BCUT2D eigenvalue weighted by molar-refractivity contribution is 0.168. The van der Waals surface area contributed by atoms with E-state index in [-0.39, 0.29) is 28.4 Å². The summed E-state index contributed by atoms with van der Waals surface area (Å²) >= 11 is 5.82. The fraction of sp³-hybridized carbons (Fsp3) is 0.375. The summed E-state index contributed by atoms with van der Waals surface area (Å²) in [5.41, 5.74) is 2.18. The average Bonchev–Trinajstić information content (AvgIpc) is 2.31. The molecule has 2 rings (SSSR count). The third kappa shape index (κ3) is 2.69. The molecule has 108 valence electrons. The van der Waals surface area contributed by atoms with Gasteiger partial charge in [-0.3, -0.25) is 0 Å². The van der Waals surface area contributed by atoms with Crippen molar-refractivity contribution < 1.29 is 15.3 Å². The maximum absolute atomic E-state index is 10.1. The SMILES string of the molecule is C=C(C)C1CC(O)C(C)=CC1c1c(O)cc(Cl)cc1O. The van der Waals surface area contributed by atoms with Crippen LogP contribution in [-0.2, 0) is 0 Å². The van der Waals surface area contributed by atoms with Crippen molar-refractivity contribution >= 4 is 11.6 Å². The van der Waals surface area contributed by atoms with Crippen LogP contribution in [-0.4, -0.2) is 21.4 Å². The number of phenols is 2. The van der Waals surface area contributed by atoms with Gasteiger partial charge in [-0.1, -0.05) is 29.8 Å². The fourth-order valence-electron chi connectivity index (χ4n) is 2.81. The minimum absolute atomic E-state index is 0.0355. The van der Waals surface area contributed by atoms with Crippen LogP contribution < -0.4 is 0 Å². The normalized spacial score (nSPS) is 26.2. The van der Waals surface area contributed by atoms with Crippen molar-refractivity contribution in [3.05, 3.63) is 46.5 Å². The predicted octanol–water partition coefficient (Wildman–Crippen LogP) is 3.74. The molecule has 0 amide bonds. The Morgan fingerprint density at radius 1 is 1.30 bits per heavy atom. The Labute approximate surface area is 123 Å². The van der Waals surface area contributed by atoms with Gasteiger partial charge in [0.2, 0.25) is 0 Å². The highest BCUT2D eigenvalue weighted by Gasteiger charge is 2.33. The van der Waals surface area contributed by atoms with Crippen LogP contribution in [0.2, 0.25) is 5.02 Å². The van der Waals surface area contributed by atoms with Crippen LogP contribution in [0.1, 0.15) is 31.7 Å². The second-order valence-corrected chi connectivity index (χ2v) is 5.93. The van der Waals surface area contributed by atoms with Gasteiger partial charge in [-0.2, -0.15) is 0 Å². The molecule has 0 heterocycles. The van der Waals surface area contributed by atoms with E-state index in [1.807, 2.05) is 19.9 Å². The molecular weight excluding hydrogens is 276 g/mol. The standard InChI is InChI=1S/C16H19ClO3/c1-8(2)11-7-13(18)9(3)4-12(11)16-14(19)5-10(17)6-15(16)20/h4-6,11-13,18-20H,1,7H2,2-3H3. The molecule has 3 atom stereocenters. The topological polar surface area (TPSA) is 60.7 Å². The predicted molar refractivity (Wildman–Crippen MR) is 80.2 cm³/mol. The fourth-order valence-corrected chi connectivity index (χ4v) is 3.01. The minimum atomic E-state index is -0.510. The monoisotopic (exact) mass is 294 g/mol. The summed E-state index contributed by atoms with van der Waals surface area (Å²) in [6, 6.07) is 2.83. The lowest BCUT2D eigenvalue weighted by atomic mass is 9.73. The zero-order valence-electron chi connectivity index (χ0n) is 11.6. The summed E-state index contributed by atoms with van der Waals surface area (Å²) in [5, 5.41) is 30.5. The molecule has 3 N–H and O–H groups in total. The Morgan fingerprint density at radius 2 is 1.85 bits per heavy atom. The highest BCUT2D eigenvalue weighted by molar-refractivity contribution is 6.30. The first-order valence-electron chi connectivity index (χ1n) is 6.54. The molecular formula is C16H19ClO3. The van der Waals surface area contributed by atoms with Crippen LogP contribution >= 0.6 is 11.6 Å². The molecule has 4 heteroatoms. The number of allylic oxidation sites excluding steroid dienone is 2. The van der Waals surface area contributed by atoms with Crippen molar-refractivity contribution in [3.63, 3.8) is 0 Å². The average molecular weight is 295 g/mol. The molecule has 0 saturated carbocycles. The zero-order valence-corrected chi connectivity index (χ0v) is 12.4. The van der Waals surface area contributed by atoms with Gasteiger partial charge in [-0.05, 0) is 43.9 Å². The smallest absolute Gasteiger partial charge is 0.124 e. The van der Waals surface area contributed by atoms with Crippen molar-refractivity contribution in [2.45, 2.75) is 32.3 Å². The Balaban J connectivity index is 2.56. The second-order valence-electron chi connectivity index (χ2n) is 5.50. The number of rotatable bonds is 2. The van der Waals surface area contributed by atoms with E-state index in [0.29, 0.717) is 12.0 Å². The number of hydrogen-bond acceptors (Lipinski definition) is 3. The third-order valence-corrected chi connectivity index (χ3v) is 4.16. The van der Waals surface area contributed by atoms with E-state index in [1.54, 1.807) is 0 Å². The van der Waals surface area contributed by atoms with Gasteiger partial charge < -0.3 is 15.3 Å². The van der Waals surface area contributed by atoms with E-state index < -0.39 is 6.10 Å². The van der Waals surface area contributed by atoms with Gasteiger partial charge in [0.15, 0.2) is 0 Å². The van der Waals surface area contributed by atoms with Gasteiger partial charge in [-0.15, -0.1) is 0 Å². The van der Waals surface area contributed by atoms with E-state index in [0.717, 1.165) is 11.1 Å². The highest BCUT2D eigenvalue weighted by Crippen LogP contribution is 2.46. The van der Waals surface area contributed by atoms with Crippen molar-refractivity contribution in [1.29, 1.82) is 0 Å². The van der Waals surface area contributed by atoms with Crippen LogP contribution in [0.25, 0.3) is 0 Å². The van der Waals surface area contributed by atoms with E-state index in [9.17, 15) is 15.3 Å². The first-order chi connectivity index (χ1) is 9.31. The summed E-state index contributed by atoms with van der Waals surface area (Å²) in [6.07, 6.45) is 1.91. The molecule has 0 saturated heterocycles. The summed E-state index contributed by atoms with van der Waals surface area (Å²) in [5.74, 6) is -0.321. The van der Waals surface area contributed by atoms with Gasteiger partial charge in [0.25, 0.3) is 0 Å². The Hall–Kier alpha value is -1.45. The number of hydrogen-bond donors (Lipinski definition) is 3. The van der Waals surface area contributed by atoms with Crippen LogP contribution in [0.5, 0.6) is 11.5 Å². The van der Waals surface area contributed by atoms with Crippen LogP contribution in [0, 0.1) is 5.92 Å². The molecule has 3 nitrogen and oxygen atoms in total. The molecule has 0 fully saturated rings. The van der Waals surface area contributed by atoms with Crippen LogP contribution in [0.3, 0.4) is 0 Å². The van der Waals surface area contributed by atoms with Crippen molar-refractivity contribution in [3.8, 4) is 11.5 Å². The third-order valence-electron chi connectivity index (χ3n) is 3.95. The number of halogens is 1. The minimum Gasteiger partial charge on any atom is -0.507 e. The van der Waals surface area contributed by atoms with Gasteiger partial charge in [0.05, 0.1) is 6.10 Å². The zero-order chi connectivity index (χ0) is 15.0. The van der Waals surface area contributed by atoms with Gasteiger partial charge in [0.1, 0.15) is 11.5 Å². The van der Waals surface area contributed by atoms with E-state index in [1.165, 1.54) is 12.1 Å². The summed E-state index contributed by atoms with van der Waals surface area (Å²) in [4.78, 5) is 0. The Kier molecular flexibility index (Phi) is 4.11. The second kappa shape index (κ2) is 5.51. The lowest BCUT2D eigenvalue weighted by Gasteiger charge is -2.33. The molecule has 3 unspecified atom stereocenters. The Bertz CT molecular complexity index is 554. The van der Waals surface area contributed by atoms with Gasteiger partial charge in [0, 0.05) is 16.5 Å². The Morgan fingerprint density at radius 3 is 2.35 bits per heavy atom. The molecule has 0 aromatic heterocycles. The summed E-state index contributed by atoms with van der Waals surface area (Å²) in [6.45, 7) is 7.70.